The van der Waals surface area contributed by atoms with Crippen LogP contribution in [-0.2, 0) is 33.9 Å². The van der Waals surface area contributed by atoms with Gasteiger partial charge in [0.25, 0.3) is 0 Å². The van der Waals surface area contributed by atoms with Gasteiger partial charge in [0.05, 0.1) is 18.1 Å². The van der Waals surface area contributed by atoms with Gasteiger partial charge in [-0.25, -0.2) is 18.0 Å². The minimum absolute atomic E-state index is 0.0123. The van der Waals surface area contributed by atoms with Gasteiger partial charge < -0.3 is 14.8 Å². The van der Waals surface area contributed by atoms with E-state index in [4.69, 9.17) is 9.47 Å². The van der Waals surface area contributed by atoms with Gasteiger partial charge in [0, 0.05) is 6.04 Å². The molecule has 1 fully saturated rings. The molecular weight excluding hydrogens is 388 g/mol. The third kappa shape index (κ3) is 4.50. The fourth-order valence-electron chi connectivity index (χ4n) is 2.75. The molecule has 1 saturated heterocycles. The van der Waals surface area contributed by atoms with Gasteiger partial charge in [-0.15, -0.1) is 0 Å². The van der Waals surface area contributed by atoms with Gasteiger partial charge in [0.15, 0.2) is 0 Å². The van der Waals surface area contributed by atoms with Crippen molar-refractivity contribution in [3.05, 3.63) is 29.8 Å². The highest BCUT2D eigenvalue weighted by atomic mass is 32.2. The number of aryl methyl sites for hydroxylation is 1. The van der Waals surface area contributed by atoms with Crippen molar-refractivity contribution >= 4 is 27.9 Å². The summed E-state index contributed by atoms with van der Waals surface area (Å²) < 4.78 is 36.1. The van der Waals surface area contributed by atoms with E-state index >= 15 is 0 Å². The lowest BCUT2D eigenvalue weighted by Crippen LogP contribution is -2.50. The summed E-state index contributed by atoms with van der Waals surface area (Å²) in [5.41, 5.74) is 0.902. The maximum atomic E-state index is 12.8. The molecule has 0 saturated carbocycles. The first-order chi connectivity index (χ1) is 13.1. The van der Waals surface area contributed by atoms with E-state index in [2.05, 4.69) is 5.32 Å². The summed E-state index contributed by atoms with van der Waals surface area (Å²) in [5.74, 6) is -2.69. The number of benzene rings is 1. The topological polar surface area (TPSA) is 119 Å². The number of nitrogens with zero attached hydrogens (tertiary/aromatic N) is 1. The van der Waals surface area contributed by atoms with Crippen LogP contribution in [0.4, 0.5) is 0 Å². The van der Waals surface area contributed by atoms with Gasteiger partial charge in [0.1, 0.15) is 6.04 Å². The Labute approximate surface area is 164 Å². The van der Waals surface area contributed by atoms with Crippen LogP contribution < -0.4 is 5.32 Å². The Hall–Kier alpha value is -2.46. The number of ether oxygens (including phenoxy) is 2. The van der Waals surface area contributed by atoms with Gasteiger partial charge in [-0.05, 0) is 39.8 Å². The summed E-state index contributed by atoms with van der Waals surface area (Å²) in [6, 6.07) is 2.95. The molecule has 1 aliphatic heterocycles. The first-order valence-corrected chi connectivity index (χ1v) is 10.3. The van der Waals surface area contributed by atoms with Gasteiger partial charge >= 0.3 is 11.9 Å². The molecule has 0 radical (unpaired) electrons. The van der Waals surface area contributed by atoms with Gasteiger partial charge in [-0.2, -0.15) is 4.31 Å². The molecule has 1 aromatic carbocycles. The molecule has 9 nitrogen and oxygen atoms in total. The predicted octanol–water partition coefficient (Wildman–Crippen LogP) is 0.367. The van der Waals surface area contributed by atoms with E-state index in [0.29, 0.717) is 0 Å². The summed E-state index contributed by atoms with van der Waals surface area (Å²) in [6.07, 6.45) is 0. The van der Waals surface area contributed by atoms with E-state index in [0.717, 1.165) is 9.87 Å². The molecule has 1 heterocycles. The van der Waals surface area contributed by atoms with E-state index in [1.807, 2.05) is 6.92 Å². The third-order valence-corrected chi connectivity index (χ3v) is 6.22. The quantitative estimate of drug-likeness (QED) is 0.372. The number of rotatable bonds is 8. The molecule has 0 spiro atoms. The molecular formula is C18H24N2O7S. The molecule has 0 aliphatic carbocycles. The highest BCUT2D eigenvalue weighted by Gasteiger charge is 2.57. The number of carbonyl (C=O) groups is 3. The molecule has 0 bridgehead atoms. The van der Waals surface area contributed by atoms with E-state index in [1.165, 1.54) is 12.1 Å². The first kappa shape index (κ1) is 21.8. The minimum atomic E-state index is -3.88. The number of hydrogen-bond donors (Lipinski definition) is 1. The largest absolute Gasteiger partial charge is 0.464 e. The Morgan fingerprint density at radius 3 is 2.04 bits per heavy atom. The lowest BCUT2D eigenvalue weighted by molar-refractivity contribution is -0.159. The standard InChI is InChI=1S/C18H24N2O7S/c1-5-26-17(22)14(18(23)27-6-2)19-16(21)15-12(4)20(15)28(24,25)13-9-7-11(3)8-10-13/h7-10,12,14-15H,5-6H2,1-4H3,(H,19,21)/t12-,15-,20?/m0/s1. The molecule has 1 amide bonds. The molecule has 10 heteroatoms. The second-order valence-electron chi connectivity index (χ2n) is 6.28. The summed E-state index contributed by atoms with van der Waals surface area (Å²) in [7, 11) is -3.88. The SMILES string of the molecule is CCOC(=O)C(NC(=O)[C@@H]1[C@H](C)N1S(=O)(=O)c1ccc(C)cc1)C(=O)OCC. The second-order valence-corrected chi connectivity index (χ2v) is 8.12. The number of nitrogens with one attached hydrogen (secondary N) is 1. The van der Waals surface area contributed by atoms with Crippen LogP contribution in [0.2, 0.25) is 0 Å². The first-order valence-electron chi connectivity index (χ1n) is 8.89. The van der Waals surface area contributed by atoms with E-state index in [-0.39, 0.29) is 18.1 Å². The van der Waals surface area contributed by atoms with Crippen LogP contribution in [0, 0.1) is 6.92 Å². The fraction of sp³-hybridized carbons (Fsp3) is 0.500. The average Bonchev–Trinajstić information content (AvgIpc) is 3.32. The predicted molar refractivity (Wildman–Crippen MR) is 98.7 cm³/mol. The van der Waals surface area contributed by atoms with Crippen LogP contribution in [0.15, 0.2) is 29.2 Å². The lowest BCUT2D eigenvalue weighted by Gasteiger charge is -2.16. The zero-order valence-corrected chi connectivity index (χ0v) is 17.0. The van der Waals surface area contributed by atoms with Crippen LogP contribution >= 0.6 is 0 Å². The number of esters is 2. The monoisotopic (exact) mass is 412 g/mol. The third-order valence-electron chi connectivity index (χ3n) is 4.24. The molecule has 1 aliphatic rings. The number of hydrogen-bond acceptors (Lipinski definition) is 7. The normalized spacial score (nSPS) is 21.1. The van der Waals surface area contributed by atoms with Crippen LogP contribution in [0.25, 0.3) is 0 Å². The Balaban J connectivity index is 2.16. The highest BCUT2D eigenvalue weighted by Crippen LogP contribution is 2.35. The Morgan fingerprint density at radius 2 is 1.57 bits per heavy atom. The number of amides is 1. The Bertz CT molecular complexity index is 833. The maximum Gasteiger partial charge on any atom is 0.340 e. The molecule has 1 unspecified atom stereocenters. The number of sulfonamides is 1. The molecule has 1 N–H and O–H groups in total. The molecule has 0 aromatic heterocycles. The molecule has 154 valence electrons. The van der Waals surface area contributed by atoms with E-state index in [1.54, 1.807) is 32.9 Å². The highest BCUT2D eigenvalue weighted by molar-refractivity contribution is 7.89. The van der Waals surface area contributed by atoms with Gasteiger partial charge in [-0.1, -0.05) is 17.7 Å². The summed E-state index contributed by atoms with van der Waals surface area (Å²) in [4.78, 5) is 36.6. The molecule has 28 heavy (non-hydrogen) atoms. The smallest absolute Gasteiger partial charge is 0.340 e. The average molecular weight is 412 g/mol. The molecule has 2 rings (SSSR count). The van der Waals surface area contributed by atoms with E-state index < -0.39 is 46.0 Å². The lowest BCUT2D eigenvalue weighted by atomic mass is 10.2. The van der Waals surface area contributed by atoms with Crippen molar-refractivity contribution in [2.24, 2.45) is 0 Å². The van der Waals surface area contributed by atoms with Crippen molar-refractivity contribution in [3.8, 4) is 0 Å². The summed E-state index contributed by atoms with van der Waals surface area (Å²) in [5, 5.41) is 2.25. The molecule has 1 aromatic rings. The van der Waals surface area contributed by atoms with Gasteiger partial charge in [0.2, 0.25) is 22.0 Å². The zero-order chi connectivity index (χ0) is 21.1. The van der Waals surface area contributed by atoms with Crippen molar-refractivity contribution in [2.45, 2.75) is 50.7 Å². The summed E-state index contributed by atoms with van der Waals surface area (Å²) in [6.45, 7) is 6.54. The van der Waals surface area contributed by atoms with Crippen molar-refractivity contribution in [1.82, 2.24) is 9.62 Å². The van der Waals surface area contributed by atoms with Crippen molar-refractivity contribution in [1.29, 1.82) is 0 Å². The van der Waals surface area contributed by atoms with Crippen molar-refractivity contribution in [2.75, 3.05) is 13.2 Å². The maximum absolute atomic E-state index is 12.8. The Morgan fingerprint density at radius 1 is 1.07 bits per heavy atom. The van der Waals surface area contributed by atoms with Crippen LogP contribution in [-0.4, -0.2) is 61.9 Å². The van der Waals surface area contributed by atoms with Crippen molar-refractivity contribution in [3.63, 3.8) is 0 Å². The van der Waals surface area contributed by atoms with E-state index in [9.17, 15) is 22.8 Å². The second kappa shape index (κ2) is 8.70. The zero-order valence-electron chi connectivity index (χ0n) is 16.2. The fourth-order valence-corrected chi connectivity index (χ4v) is 4.54. The van der Waals surface area contributed by atoms with Crippen LogP contribution in [0.5, 0.6) is 0 Å². The van der Waals surface area contributed by atoms with Crippen LogP contribution in [0.3, 0.4) is 0 Å². The van der Waals surface area contributed by atoms with Crippen LogP contribution in [0.1, 0.15) is 26.3 Å². The summed E-state index contributed by atoms with van der Waals surface area (Å²) >= 11 is 0. The minimum Gasteiger partial charge on any atom is -0.464 e. The Kier molecular flexibility index (Phi) is 6.78. The van der Waals surface area contributed by atoms with Gasteiger partial charge in [-0.3, -0.25) is 4.79 Å². The molecule has 3 atom stereocenters. The number of carbonyl (C=O) groups excluding carboxylic acids is 3. The van der Waals surface area contributed by atoms with Crippen molar-refractivity contribution < 1.29 is 32.3 Å².